The van der Waals surface area contributed by atoms with Crippen LogP contribution in [0, 0.1) is 5.92 Å². The van der Waals surface area contributed by atoms with Gasteiger partial charge < -0.3 is 15.4 Å². The van der Waals surface area contributed by atoms with E-state index in [-0.39, 0.29) is 0 Å². The summed E-state index contributed by atoms with van der Waals surface area (Å²) in [5.74, 6) is 2.00. The van der Waals surface area contributed by atoms with Gasteiger partial charge in [0.2, 0.25) is 0 Å². The highest BCUT2D eigenvalue weighted by Crippen LogP contribution is 2.23. The minimum atomic E-state index is -4.10. The van der Waals surface area contributed by atoms with E-state index in [2.05, 4.69) is 15.6 Å². The first-order chi connectivity index (χ1) is 12.9. The van der Waals surface area contributed by atoms with Crippen LogP contribution < -0.4 is 15.4 Å². The third-order valence-electron chi connectivity index (χ3n) is 4.80. The van der Waals surface area contributed by atoms with Crippen molar-refractivity contribution in [2.45, 2.75) is 32.0 Å². The number of guanidine groups is 1. The number of piperidine rings is 1. The Labute approximate surface area is 159 Å². The highest BCUT2D eigenvalue weighted by atomic mass is 19.4. The Balaban J connectivity index is 1.63. The molecule has 27 heavy (non-hydrogen) atoms. The van der Waals surface area contributed by atoms with Crippen LogP contribution in [-0.2, 0) is 6.54 Å². The van der Waals surface area contributed by atoms with Gasteiger partial charge in [0.1, 0.15) is 5.75 Å². The first-order valence-electron chi connectivity index (χ1n) is 9.26. The smallest absolute Gasteiger partial charge is 0.401 e. The van der Waals surface area contributed by atoms with Gasteiger partial charge in [0.05, 0.1) is 13.7 Å². The van der Waals surface area contributed by atoms with Crippen LogP contribution in [0.1, 0.15) is 24.8 Å². The standard InChI is InChI=1S/C19H29F3N4O/c1-23-18(25-13-16-3-5-17(27-2)6-4-16)24-10-7-15-8-11-26(12-9-15)14-19(20,21)22/h3-6,15H,7-14H2,1-2H3,(H2,23,24,25). The largest absolute Gasteiger partial charge is 0.497 e. The number of nitrogens with zero attached hydrogens (tertiary/aromatic N) is 2. The Morgan fingerprint density at radius 3 is 2.41 bits per heavy atom. The first-order valence-corrected chi connectivity index (χ1v) is 9.26. The molecule has 0 unspecified atom stereocenters. The molecule has 0 aliphatic carbocycles. The Morgan fingerprint density at radius 2 is 1.85 bits per heavy atom. The summed E-state index contributed by atoms with van der Waals surface area (Å²) in [5, 5.41) is 6.54. The van der Waals surface area contributed by atoms with Crippen LogP contribution in [-0.4, -0.2) is 57.4 Å². The molecule has 1 aromatic carbocycles. The average molecular weight is 386 g/mol. The lowest BCUT2D eigenvalue weighted by molar-refractivity contribution is -0.148. The van der Waals surface area contributed by atoms with Gasteiger partial charge in [-0.25, -0.2) is 0 Å². The number of aliphatic imine (C=N–C) groups is 1. The summed E-state index contributed by atoms with van der Waals surface area (Å²) in [7, 11) is 3.36. The Morgan fingerprint density at radius 1 is 1.19 bits per heavy atom. The van der Waals surface area contributed by atoms with E-state index in [4.69, 9.17) is 4.74 Å². The van der Waals surface area contributed by atoms with Crippen molar-refractivity contribution in [3.63, 3.8) is 0 Å². The zero-order valence-electron chi connectivity index (χ0n) is 16.0. The second kappa shape index (κ2) is 10.4. The molecule has 1 aromatic rings. The number of alkyl halides is 3. The third kappa shape index (κ3) is 8.07. The number of halogens is 3. The molecule has 1 fully saturated rings. The first kappa shape index (κ1) is 21.3. The molecular formula is C19H29F3N4O. The van der Waals surface area contributed by atoms with Crippen molar-refractivity contribution in [3.8, 4) is 5.75 Å². The van der Waals surface area contributed by atoms with Crippen molar-refractivity contribution in [3.05, 3.63) is 29.8 Å². The molecule has 2 N–H and O–H groups in total. The zero-order chi connectivity index (χ0) is 19.7. The maximum atomic E-state index is 12.4. The maximum absolute atomic E-state index is 12.4. The Hall–Kier alpha value is -1.96. The van der Waals surface area contributed by atoms with E-state index in [9.17, 15) is 13.2 Å². The Kier molecular flexibility index (Phi) is 8.22. The van der Waals surface area contributed by atoms with E-state index in [1.54, 1.807) is 14.2 Å². The molecule has 1 aliphatic rings. The number of nitrogens with one attached hydrogen (secondary N) is 2. The van der Waals surface area contributed by atoms with Crippen LogP contribution in [0.3, 0.4) is 0 Å². The highest BCUT2D eigenvalue weighted by Gasteiger charge is 2.32. The van der Waals surface area contributed by atoms with Crippen LogP contribution in [0.25, 0.3) is 0 Å². The molecule has 2 rings (SSSR count). The molecule has 1 aliphatic heterocycles. The van der Waals surface area contributed by atoms with Crippen LogP contribution >= 0.6 is 0 Å². The van der Waals surface area contributed by atoms with E-state index < -0.39 is 12.7 Å². The Bertz CT molecular complexity index is 582. The number of likely N-dealkylation sites (tertiary alicyclic amines) is 1. The molecule has 8 heteroatoms. The van der Waals surface area contributed by atoms with E-state index >= 15 is 0 Å². The number of methoxy groups -OCH3 is 1. The fourth-order valence-electron chi connectivity index (χ4n) is 3.23. The second-order valence-electron chi connectivity index (χ2n) is 6.82. The fraction of sp³-hybridized carbons (Fsp3) is 0.632. The summed E-state index contributed by atoms with van der Waals surface area (Å²) in [6.45, 7) is 1.66. The van der Waals surface area contributed by atoms with Crippen molar-refractivity contribution < 1.29 is 17.9 Å². The number of rotatable bonds is 7. The maximum Gasteiger partial charge on any atom is 0.401 e. The van der Waals surface area contributed by atoms with E-state index in [0.717, 1.165) is 43.1 Å². The third-order valence-corrected chi connectivity index (χ3v) is 4.80. The van der Waals surface area contributed by atoms with Crippen LogP contribution in [0.15, 0.2) is 29.3 Å². The molecular weight excluding hydrogens is 357 g/mol. The van der Waals surface area contributed by atoms with Gasteiger partial charge in [-0.15, -0.1) is 0 Å². The predicted octanol–water partition coefficient (Wildman–Crippen LogP) is 3.02. The quantitative estimate of drug-likeness (QED) is 0.559. The summed E-state index contributed by atoms with van der Waals surface area (Å²) >= 11 is 0. The van der Waals surface area contributed by atoms with Crippen molar-refractivity contribution in [1.29, 1.82) is 0 Å². The summed E-state index contributed by atoms with van der Waals surface area (Å²) in [5.41, 5.74) is 1.12. The monoisotopic (exact) mass is 386 g/mol. The van der Waals surface area contributed by atoms with Gasteiger partial charge in [-0.1, -0.05) is 12.1 Å². The molecule has 0 aromatic heterocycles. The van der Waals surface area contributed by atoms with Crippen LogP contribution in [0.4, 0.5) is 13.2 Å². The molecule has 0 radical (unpaired) electrons. The normalized spacial score (nSPS) is 17.0. The molecule has 1 saturated heterocycles. The van der Waals surface area contributed by atoms with Gasteiger partial charge in [0.25, 0.3) is 0 Å². The summed E-state index contributed by atoms with van der Waals surface area (Å²) in [6.07, 6.45) is -1.54. The highest BCUT2D eigenvalue weighted by molar-refractivity contribution is 5.79. The van der Waals surface area contributed by atoms with Gasteiger partial charge >= 0.3 is 6.18 Å². The molecule has 1 heterocycles. The lowest BCUT2D eigenvalue weighted by Gasteiger charge is -2.32. The summed E-state index contributed by atoms with van der Waals surface area (Å²) in [4.78, 5) is 5.71. The SMILES string of the molecule is CN=C(NCCC1CCN(CC(F)(F)F)CC1)NCc1ccc(OC)cc1. The van der Waals surface area contributed by atoms with Crippen molar-refractivity contribution >= 4 is 5.96 Å². The molecule has 0 atom stereocenters. The summed E-state index contributed by atoms with van der Waals surface area (Å²) < 4.78 is 42.4. The molecule has 0 amide bonds. The molecule has 0 saturated carbocycles. The van der Waals surface area contributed by atoms with Gasteiger partial charge in [-0.3, -0.25) is 9.89 Å². The topological polar surface area (TPSA) is 48.9 Å². The van der Waals surface area contributed by atoms with E-state index in [0.29, 0.717) is 25.6 Å². The second-order valence-corrected chi connectivity index (χ2v) is 6.82. The van der Waals surface area contributed by atoms with Crippen molar-refractivity contribution in [2.24, 2.45) is 10.9 Å². The van der Waals surface area contributed by atoms with E-state index in [1.165, 1.54) is 4.90 Å². The zero-order valence-corrected chi connectivity index (χ0v) is 16.0. The van der Waals surface area contributed by atoms with Gasteiger partial charge in [0.15, 0.2) is 5.96 Å². The lowest BCUT2D eigenvalue weighted by Crippen LogP contribution is -2.41. The lowest BCUT2D eigenvalue weighted by atomic mass is 9.93. The fourth-order valence-corrected chi connectivity index (χ4v) is 3.23. The molecule has 5 nitrogen and oxygen atoms in total. The van der Waals surface area contributed by atoms with Gasteiger partial charge in [-0.05, 0) is 56.0 Å². The predicted molar refractivity (Wildman–Crippen MR) is 101 cm³/mol. The van der Waals surface area contributed by atoms with Gasteiger partial charge in [-0.2, -0.15) is 13.2 Å². The van der Waals surface area contributed by atoms with Crippen molar-refractivity contribution in [2.75, 3.05) is 40.3 Å². The number of benzene rings is 1. The minimum absolute atomic E-state index is 0.460. The minimum Gasteiger partial charge on any atom is -0.497 e. The number of ether oxygens (including phenoxy) is 1. The van der Waals surface area contributed by atoms with Crippen molar-refractivity contribution in [1.82, 2.24) is 15.5 Å². The number of hydrogen-bond donors (Lipinski definition) is 2. The molecule has 152 valence electrons. The number of hydrogen-bond acceptors (Lipinski definition) is 3. The van der Waals surface area contributed by atoms with E-state index in [1.807, 2.05) is 24.3 Å². The van der Waals surface area contributed by atoms with Crippen LogP contribution in [0.2, 0.25) is 0 Å². The summed E-state index contributed by atoms with van der Waals surface area (Å²) in [6, 6.07) is 7.82. The van der Waals surface area contributed by atoms with Crippen LogP contribution in [0.5, 0.6) is 5.75 Å². The molecule has 0 bridgehead atoms. The molecule has 0 spiro atoms. The average Bonchev–Trinajstić information content (AvgIpc) is 2.65. The van der Waals surface area contributed by atoms with Gasteiger partial charge in [0, 0.05) is 20.1 Å².